The van der Waals surface area contributed by atoms with E-state index in [4.69, 9.17) is 4.74 Å². The smallest absolute Gasteiger partial charge is 0.311 e. The van der Waals surface area contributed by atoms with Gasteiger partial charge in [0.1, 0.15) is 19.2 Å². The molecule has 0 aliphatic carbocycles. The number of rotatable bonds is 5. The quantitative estimate of drug-likeness (QED) is 0.760. The predicted octanol–water partition coefficient (Wildman–Crippen LogP) is -0.806. The maximum absolute atomic E-state index is 11.7. The van der Waals surface area contributed by atoms with Crippen LogP contribution in [0.4, 0.5) is 0 Å². The van der Waals surface area contributed by atoms with Crippen molar-refractivity contribution >= 4 is 5.97 Å². The van der Waals surface area contributed by atoms with Crippen LogP contribution in [-0.4, -0.2) is 59.3 Å². The molecular formula is C11H15N7O3. The van der Waals surface area contributed by atoms with Gasteiger partial charge in [0.15, 0.2) is 5.82 Å². The molecule has 0 spiro atoms. The van der Waals surface area contributed by atoms with E-state index in [1.807, 2.05) is 0 Å². The molecule has 21 heavy (non-hydrogen) atoms. The number of ether oxygens (including phenoxy) is 1. The lowest BCUT2D eigenvalue weighted by molar-refractivity contribution is -0.156. The molecule has 1 aliphatic heterocycles. The first kappa shape index (κ1) is 13.6. The van der Waals surface area contributed by atoms with E-state index >= 15 is 0 Å². The van der Waals surface area contributed by atoms with Gasteiger partial charge in [-0.1, -0.05) is 0 Å². The van der Waals surface area contributed by atoms with Gasteiger partial charge in [0, 0.05) is 13.2 Å². The highest BCUT2D eigenvalue weighted by molar-refractivity contribution is 5.74. The fourth-order valence-electron chi connectivity index (χ4n) is 2.41. The molecule has 0 bridgehead atoms. The molecule has 0 unspecified atom stereocenters. The highest BCUT2D eigenvalue weighted by atomic mass is 16.5. The molecule has 0 amide bonds. The number of hydrogen-bond acceptors (Lipinski definition) is 7. The summed E-state index contributed by atoms with van der Waals surface area (Å²) in [5.74, 6) is -0.291. The van der Waals surface area contributed by atoms with Crippen LogP contribution in [0.3, 0.4) is 0 Å². The molecule has 0 saturated carbocycles. The van der Waals surface area contributed by atoms with Crippen molar-refractivity contribution in [3.8, 4) is 0 Å². The summed E-state index contributed by atoms with van der Waals surface area (Å²) in [6.45, 7) is 1.45. The van der Waals surface area contributed by atoms with E-state index in [2.05, 4.69) is 25.6 Å². The normalized spacial score (nSPS) is 17.7. The second-order valence-corrected chi connectivity index (χ2v) is 5.04. The molecule has 1 saturated heterocycles. The molecule has 1 N–H and O–H groups in total. The fraction of sp³-hybridized carbons (Fsp3) is 0.636. The highest BCUT2D eigenvalue weighted by Crippen LogP contribution is 2.32. The number of nitrogens with zero attached hydrogens (tertiary/aromatic N) is 7. The van der Waals surface area contributed by atoms with Crippen molar-refractivity contribution in [1.29, 1.82) is 0 Å². The Morgan fingerprint density at radius 3 is 2.90 bits per heavy atom. The van der Waals surface area contributed by atoms with Crippen molar-refractivity contribution in [2.45, 2.75) is 25.9 Å². The molecule has 3 rings (SSSR count). The van der Waals surface area contributed by atoms with E-state index in [-0.39, 0.29) is 6.54 Å². The third kappa shape index (κ3) is 2.75. The summed E-state index contributed by atoms with van der Waals surface area (Å²) in [5.41, 5.74) is -0.884. The van der Waals surface area contributed by atoms with Crippen molar-refractivity contribution < 1.29 is 14.6 Å². The first-order valence-corrected chi connectivity index (χ1v) is 6.58. The Morgan fingerprint density at radius 1 is 1.43 bits per heavy atom. The van der Waals surface area contributed by atoms with Gasteiger partial charge in [0.25, 0.3) is 0 Å². The zero-order chi connectivity index (χ0) is 14.7. The largest absolute Gasteiger partial charge is 0.481 e. The van der Waals surface area contributed by atoms with Crippen molar-refractivity contribution in [3.63, 3.8) is 0 Å². The minimum Gasteiger partial charge on any atom is -0.481 e. The van der Waals surface area contributed by atoms with Crippen molar-refractivity contribution in [2.75, 3.05) is 13.2 Å². The highest BCUT2D eigenvalue weighted by Gasteiger charge is 2.41. The zero-order valence-electron chi connectivity index (χ0n) is 11.3. The standard InChI is InChI=1S/C11H15N7O3/c19-10(20)11(1-3-21-4-2-11)6-18-9(14-15-16-18)5-17-8-12-7-13-17/h7-8H,1-6H2,(H,19,20). The average molecular weight is 293 g/mol. The van der Waals surface area contributed by atoms with Crippen LogP contribution in [0.2, 0.25) is 0 Å². The second kappa shape index (κ2) is 5.56. The van der Waals surface area contributed by atoms with Crippen molar-refractivity contribution in [3.05, 3.63) is 18.5 Å². The summed E-state index contributed by atoms with van der Waals surface area (Å²) >= 11 is 0. The lowest BCUT2D eigenvalue weighted by Crippen LogP contribution is -2.41. The van der Waals surface area contributed by atoms with Gasteiger partial charge in [-0.3, -0.25) is 4.79 Å². The summed E-state index contributed by atoms with van der Waals surface area (Å²) < 4.78 is 8.37. The van der Waals surface area contributed by atoms with E-state index in [9.17, 15) is 9.90 Å². The van der Waals surface area contributed by atoms with Crippen LogP contribution in [0.25, 0.3) is 0 Å². The van der Waals surface area contributed by atoms with Gasteiger partial charge < -0.3 is 9.84 Å². The number of carboxylic acid groups (broad SMARTS) is 1. The Labute approximate surface area is 119 Å². The Kier molecular flexibility index (Phi) is 3.60. The van der Waals surface area contributed by atoms with Crippen molar-refractivity contribution in [1.82, 2.24) is 35.0 Å². The van der Waals surface area contributed by atoms with Gasteiger partial charge in [-0.05, 0) is 23.3 Å². The topological polar surface area (TPSA) is 121 Å². The number of aromatic nitrogens is 7. The summed E-state index contributed by atoms with van der Waals surface area (Å²) in [4.78, 5) is 15.5. The van der Waals surface area contributed by atoms with Gasteiger partial charge >= 0.3 is 5.97 Å². The third-order valence-corrected chi connectivity index (χ3v) is 3.73. The molecule has 10 heteroatoms. The Balaban J connectivity index is 1.80. The molecule has 3 heterocycles. The molecule has 0 atom stereocenters. The lowest BCUT2D eigenvalue weighted by Gasteiger charge is -2.32. The van der Waals surface area contributed by atoms with E-state index < -0.39 is 11.4 Å². The number of tetrazole rings is 1. The van der Waals surface area contributed by atoms with Gasteiger partial charge in [-0.25, -0.2) is 14.3 Å². The van der Waals surface area contributed by atoms with Crippen LogP contribution in [0.1, 0.15) is 18.7 Å². The SMILES string of the molecule is O=C(O)C1(Cn2nnnc2Cn2cncn2)CCOCC1. The number of hydrogen-bond donors (Lipinski definition) is 1. The van der Waals surface area contributed by atoms with Crippen LogP contribution in [0, 0.1) is 5.41 Å². The fourth-order valence-corrected chi connectivity index (χ4v) is 2.41. The maximum atomic E-state index is 11.7. The average Bonchev–Trinajstić information content (AvgIpc) is 3.13. The summed E-state index contributed by atoms with van der Waals surface area (Å²) in [6.07, 6.45) is 3.88. The zero-order valence-corrected chi connectivity index (χ0v) is 11.3. The number of carbonyl (C=O) groups is 1. The molecule has 112 valence electrons. The van der Waals surface area contributed by atoms with Gasteiger partial charge in [0.2, 0.25) is 0 Å². The first-order chi connectivity index (χ1) is 10.2. The first-order valence-electron chi connectivity index (χ1n) is 6.58. The minimum atomic E-state index is -0.884. The summed E-state index contributed by atoms with van der Waals surface area (Å²) in [6, 6.07) is 0. The monoisotopic (exact) mass is 293 g/mol. The van der Waals surface area contributed by atoms with E-state index in [0.29, 0.717) is 38.4 Å². The van der Waals surface area contributed by atoms with Crippen LogP contribution in [0.5, 0.6) is 0 Å². The Bertz CT molecular complexity index is 603. The van der Waals surface area contributed by atoms with Gasteiger partial charge in [0.05, 0.1) is 12.0 Å². The molecule has 2 aromatic heterocycles. The van der Waals surface area contributed by atoms with Crippen LogP contribution >= 0.6 is 0 Å². The molecule has 0 aromatic carbocycles. The van der Waals surface area contributed by atoms with Gasteiger partial charge in [-0.2, -0.15) is 5.10 Å². The van der Waals surface area contributed by atoms with Crippen LogP contribution < -0.4 is 0 Å². The Hall–Kier alpha value is -2.36. The van der Waals surface area contributed by atoms with Crippen molar-refractivity contribution in [2.24, 2.45) is 5.41 Å². The Morgan fingerprint density at radius 2 is 2.24 bits per heavy atom. The predicted molar refractivity (Wildman–Crippen MR) is 67.1 cm³/mol. The lowest BCUT2D eigenvalue weighted by atomic mass is 9.80. The molecule has 1 aliphatic rings. The maximum Gasteiger partial charge on any atom is 0.311 e. The molecule has 0 radical (unpaired) electrons. The van der Waals surface area contributed by atoms with Crippen LogP contribution in [-0.2, 0) is 22.6 Å². The number of carboxylic acids is 1. The molecular weight excluding hydrogens is 278 g/mol. The second-order valence-electron chi connectivity index (χ2n) is 5.04. The molecule has 1 fully saturated rings. The molecule has 2 aromatic rings. The summed E-state index contributed by atoms with van der Waals surface area (Å²) in [5, 5.41) is 25.0. The summed E-state index contributed by atoms with van der Waals surface area (Å²) in [7, 11) is 0. The number of aliphatic carboxylic acids is 1. The van der Waals surface area contributed by atoms with E-state index in [1.165, 1.54) is 11.0 Å². The van der Waals surface area contributed by atoms with E-state index in [1.54, 1.807) is 11.0 Å². The third-order valence-electron chi connectivity index (χ3n) is 3.73. The molecule has 10 nitrogen and oxygen atoms in total. The van der Waals surface area contributed by atoms with E-state index in [0.717, 1.165) is 0 Å². The van der Waals surface area contributed by atoms with Gasteiger partial charge in [-0.15, -0.1) is 5.10 Å². The minimum absolute atomic E-state index is 0.225. The van der Waals surface area contributed by atoms with Crippen LogP contribution in [0.15, 0.2) is 12.7 Å².